The third-order valence-electron chi connectivity index (χ3n) is 3.87. The van der Waals surface area contributed by atoms with Crippen LogP contribution in [0, 0.1) is 0 Å². The van der Waals surface area contributed by atoms with Crippen LogP contribution in [0.15, 0.2) is 40.0 Å². The van der Waals surface area contributed by atoms with E-state index in [2.05, 4.69) is 10.5 Å². The van der Waals surface area contributed by atoms with Crippen LogP contribution in [0.5, 0.6) is 5.75 Å². The number of phenols is 1. The summed E-state index contributed by atoms with van der Waals surface area (Å²) in [6.45, 7) is 12.3. The van der Waals surface area contributed by atoms with Crippen LogP contribution in [0.3, 0.4) is 0 Å². The van der Waals surface area contributed by atoms with Crippen molar-refractivity contribution in [1.82, 2.24) is 5.43 Å². The molecule has 1 heterocycles. The Morgan fingerprint density at radius 2 is 1.68 bits per heavy atom. The van der Waals surface area contributed by atoms with Gasteiger partial charge in [-0.25, -0.2) is 5.43 Å². The zero-order chi connectivity index (χ0) is 18.8. The van der Waals surface area contributed by atoms with E-state index in [0.717, 1.165) is 16.7 Å². The summed E-state index contributed by atoms with van der Waals surface area (Å²) in [6.07, 6.45) is 3.01. The third kappa shape index (κ3) is 4.50. The molecule has 0 bridgehead atoms. The van der Waals surface area contributed by atoms with Gasteiger partial charge >= 0.3 is 5.91 Å². The molecule has 1 amide bonds. The molecule has 0 aliphatic carbocycles. The second-order valence-corrected chi connectivity index (χ2v) is 8.14. The Bertz CT molecular complexity index is 741. The Labute approximate surface area is 148 Å². The predicted molar refractivity (Wildman–Crippen MR) is 99.3 cm³/mol. The van der Waals surface area contributed by atoms with Crippen molar-refractivity contribution in [3.8, 4) is 5.75 Å². The molecule has 2 N–H and O–H groups in total. The van der Waals surface area contributed by atoms with Gasteiger partial charge in [0.1, 0.15) is 5.75 Å². The van der Waals surface area contributed by atoms with Crippen LogP contribution >= 0.6 is 0 Å². The van der Waals surface area contributed by atoms with Crippen molar-refractivity contribution in [2.45, 2.75) is 52.4 Å². The molecule has 1 aromatic carbocycles. The van der Waals surface area contributed by atoms with Gasteiger partial charge in [-0.15, -0.1) is 0 Å². The van der Waals surface area contributed by atoms with E-state index in [1.54, 1.807) is 18.3 Å². The average molecular weight is 342 g/mol. The zero-order valence-corrected chi connectivity index (χ0v) is 15.7. The average Bonchev–Trinajstić information content (AvgIpc) is 3.00. The van der Waals surface area contributed by atoms with Crippen LogP contribution in [-0.4, -0.2) is 17.2 Å². The number of amides is 1. The van der Waals surface area contributed by atoms with Crippen molar-refractivity contribution >= 4 is 12.1 Å². The number of hydrogen-bond acceptors (Lipinski definition) is 4. The molecule has 134 valence electrons. The summed E-state index contributed by atoms with van der Waals surface area (Å²) in [5, 5.41) is 14.7. The Morgan fingerprint density at radius 1 is 1.12 bits per heavy atom. The molecule has 25 heavy (non-hydrogen) atoms. The van der Waals surface area contributed by atoms with Crippen LogP contribution in [0.1, 0.15) is 68.8 Å². The number of phenolic OH excluding ortho intramolecular Hbond substituents is 1. The number of benzene rings is 1. The van der Waals surface area contributed by atoms with Gasteiger partial charge in [0.05, 0.1) is 12.5 Å². The smallest absolute Gasteiger partial charge is 0.307 e. The number of furan rings is 1. The van der Waals surface area contributed by atoms with E-state index >= 15 is 0 Å². The minimum absolute atomic E-state index is 0.202. The second kappa shape index (κ2) is 6.75. The lowest BCUT2D eigenvalue weighted by Gasteiger charge is -2.27. The highest BCUT2D eigenvalue weighted by Gasteiger charge is 2.26. The van der Waals surface area contributed by atoms with Gasteiger partial charge in [-0.1, -0.05) is 41.5 Å². The summed E-state index contributed by atoms with van der Waals surface area (Å²) in [7, 11) is 0. The Hall–Kier alpha value is -2.56. The van der Waals surface area contributed by atoms with Crippen LogP contribution in [0.4, 0.5) is 0 Å². The fourth-order valence-electron chi connectivity index (χ4n) is 2.50. The molecule has 0 aliphatic heterocycles. The summed E-state index contributed by atoms with van der Waals surface area (Å²) < 4.78 is 5.02. The maximum absolute atomic E-state index is 11.8. The lowest BCUT2D eigenvalue weighted by Crippen LogP contribution is -2.19. The van der Waals surface area contributed by atoms with Gasteiger partial charge in [0.2, 0.25) is 0 Å². The van der Waals surface area contributed by atoms with Crippen molar-refractivity contribution in [1.29, 1.82) is 0 Å². The number of carbonyl (C=O) groups is 1. The molecule has 0 saturated carbocycles. The van der Waals surface area contributed by atoms with Crippen LogP contribution in [0.25, 0.3) is 0 Å². The Kier molecular flexibility index (Phi) is 5.07. The number of hydrazone groups is 1. The quantitative estimate of drug-likeness (QED) is 0.643. The Morgan fingerprint density at radius 3 is 2.12 bits per heavy atom. The number of nitrogens with zero attached hydrogens (tertiary/aromatic N) is 1. The molecule has 2 rings (SSSR count). The van der Waals surface area contributed by atoms with Gasteiger partial charge in [-0.2, -0.15) is 5.10 Å². The first-order chi connectivity index (χ1) is 11.5. The van der Waals surface area contributed by atoms with Gasteiger partial charge in [-0.3, -0.25) is 4.79 Å². The fraction of sp³-hybridized carbons (Fsp3) is 0.400. The van der Waals surface area contributed by atoms with E-state index in [-0.39, 0.29) is 16.6 Å². The minimum Gasteiger partial charge on any atom is -0.507 e. The summed E-state index contributed by atoms with van der Waals surface area (Å²) in [4.78, 5) is 11.8. The number of rotatable bonds is 3. The molecule has 0 spiro atoms. The van der Waals surface area contributed by atoms with Crippen LogP contribution < -0.4 is 5.43 Å². The molecular formula is C20H26N2O3. The summed E-state index contributed by atoms with van der Waals surface area (Å²) >= 11 is 0. The lowest BCUT2D eigenvalue weighted by atomic mass is 9.78. The first-order valence-electron chi connectivity index (χ1n) is 8.25. The lowest BCUT2D eigenvalue weighted by molar-refractivity contribution is 0.0927. The molecule has 0 aliphatic rings. The number of hydrogen-bond donors (Lipinski definition) is 2. The fourth-order valence-corrected chi connectivity index (χ4v) is 2.50. The van der Waals surface area contributed by atoms with E-state index in [1.165, 1.54) is 6.26 Å². The van der Waals surface area contributed by atoms with Crippen molar-refractivity contribution in [2.24, 2.45) is 5.10 Å². The van der Waals surface area contributed by atoms with Crippen molar-refractivity contribution in [3.05, 3.63) is 53.0 Å². The standard InChI is InChI=1S/C20H26N2O3/c1-19(2,3)14-10-13(11-15(17(14)23)20(4,5)6)12-21-22-18(24)16-8-7-9-25-16/h7-12,23H,1-6H3,(H,22,24)/b21-12-. The van der Waals surface area contributed by atoms with E-state index < -0.39 is 5.91 Å². The topological polar surface area (TPSA) is 74.8 Å². The van der Waals surface area contributed by atoms with Gasteiger partial charge < -0.3 is 9.52 Å². The molecule has 2 aromatic rings. The summed E-state index contributed by atoms with van der Waals surface area (Å²) in [6, 6.07) is 7.00. The number of carbonyl (C=O) groups excluding carboxylic acids is 1. The normalized spacial score (nSPS) is 12.6. The van der Waals surface area contributed by atoms with Crippen LogP contribution in [-0.2, 0) is 10.8 Å². The largest absolute Gasteiger partial charge is 0.507 e. The molecule has 0 fully saturated rings. The van der Waals surface area contributed by atoms with Crippen molar-refractivity contribution < 1.29 is 14.3 Å². The van der Waals surface area contributed by atoms with E-state index in [9.17, 15) is 9.90 Å². The van der Waals surface area contributed by atoms with Crippen molar-refractivity contribution in [3.63, 3.8) is 0 Å². The molecule has 5 nitrogen and oxygen atoms in total. The van der Waals surface area contributed by atoms with Crippen LogP contribution in [0.2, 0.25) is 0 Å². The highest BCUT2D eigenvalue weighted by atomic mass is 16.3. The summed E-state index contributed by atoms with van der Waals surface area (Å²) in [5.74, 6) is 0.109. The molecule has 0 unspecified atom stereocenters. The van der Waals surface area contributed by atoms with Gasteiger partial charge in [0.25, 0.3) is 0 Å². The first kappa shape index (κ1) is 18.8. The van der Waals surface area contributed by atoms with Gasteiger partial charge in [0.15, 0.2) is 5.76 Å². The van der Waals surface area contributed by atoms with Gasteiger partial charge in [-0.05, 0) is 40.7 Å². The van der Waals surface area contributed by atoms with Gasteiger partial charge in [0, 0.05) is 11.1 Å². The number of nitrogens with one attached hydrogen (secondary N) is 1. The van der Waals surface area contributed by atoms with E-state index in [4.69, 9.17) is 4.42 Å². The SMILES string of the molecule is CC(C)(C)c1cc(/C=N\NC(=O)c2ccco2)cc(C(C)(C)C)c1O. The maximum atomic E-state index is 11.8. The molecule has 5 heteroatoms. The first-order valence-corrected chi connectivity index (χ1v) is 8.25. The highest BCUT2D eigenvalue weighted by Crippen LogP contribution is 2.39. The third-order valence-corrected chi connectivity index (χ3v) is 3.87. The molecular weight excluding hydrogens is 316 g/mol. The highest BCUT2D eigenvalue weighted by molar-refractivity contribution is 5.92. The zero-order valence-electron chi connectivity index (χ0n) is 15.7. The monoisotopic (exact) mass is 342 g/mol. The summed E-state index contributed by atoms with van der Waals surface area (Å²) in [5.41, 5.74) is 4.51. The van der Waals surface area contributed by atoms with E-state index in [0.29, 0.717) is 5.75 Å². The molecule has 0 saturated heterocycles. The second-order valence-electron chi connectivity index (χ2n) is 8.14. The molecule has 1 aromatic heterocycles. The molecule has 0 radical (unpaired) electrons. The van der Waals surface area contributed by atoms with Crippen molar-refractivity contribution in [2.75, 3.05) is 0 Å². The minimum atomic E-state index is -0.410. The molecule has 0 atom stereocenters. The van der Waals surface area contributed by atoms with E-state index in [1.807, 2.05) is 53.7 Å². The number of aromatic hydroxyl groups is 1. The predicted octanol–water partition coefficient (Wildman–Crippen LogP) is 4.34. The Balaban J connectivity index is 2.34. The maximum Gasteiger partial charge on any atom is 0.307 e.